The number of hydrogen-bond donors (Lipinski definition) is 1. The van der Waals surface area contributed by atoms with Crippen molar-refractivity contribution in [3.05, 3.63) is 71.5 Å². The Bertz CT molecular complexity index is 985. The summed E-state index contributed by atoms with van der Waals surface area (Å²) in [6, 6.07) is 19.2. The number of rotatable bonds is 4. The Morgan fingerprint density at radius 1 is 1.00 bits per heavy atom. The SMILES string of the molecule is Cc1nnc(NC(=O)c2nc(-c3ccccc3)n(-c3ccccc3)n2)s1. The van der Waals surface area contributed by atoms with Crippen LogP contribution in [0.5, 0.6) is 0 Å². The molecule has 1 amide bonds. The molecule has 0 radical (unpaired) electrons. The van der Waals surface area contributed by atoms with Gasteiger partial charge in [0.25, 0.3) is 5.91 Å². The molecule has 4 rings (SSSR count). The van der Waals surface area contributed by atoms with Crippen LogP contribution >= 0.6 is 11.3 Å². The fourth-order valence-electron chi connectivity index (χ4n) is 2.43. The first-order chi connectivity index (χ1) is 12.7. The van der Waals surface area contributed by atoms with Crippen molar-refractivity contribution in [3.8, 4) is 17.1 Å². The van der Waals surface area contributed by atoms with Crippen LogP contribution in [-0.2, 0) is 0 Å². The summed E-state index contributed by atoms with van der Waals surface area (Å²) >= 11 is 1.30. The summed E-state index contributed by atoms with van der Waals surface area (Å²) in [5.74, 6) is 0.240. The van der Waals surface area contributed by atoms with E-state index >= 15 is 0 Å². The Morgan fingerprint density at radius 2 is 1.69 bits per heavy atom. The molecular weight excluding hydrogens is 348 g/mol. The number of carbonyl (C=O) groups excluding carboxylic acids is 1. The number of anilines is 1. The number of nitrogens with one attached hydrogen (secondary N) is 1. The van der Waals surface area contributed by atoms with Crippen molar-refractivity contribution in [1.29, 1.82) is 0 Å². The molecule has 0 saturated carbocycles. The van der Waals surface area contributed by atoms with Gasteiger partial charge >= 0.3 is 0 Å². The van der Waals surface area contributed by atoms with Gasteiger partial charge in [0.2, 0.25) is 11.0 Å². The fraction of sp³-hybridized carbons (Fsp3) is 0.0556. The van der Waals surface area contributed by atoms with E-state index in [0.717, 1.165) is 16.3 Å². The maximum Gasteiger partial charge on any atom is 0.297 e. The van der Waals surface area contributed by atoms with Crippen molar-refractivity contribution in [1.82, 2.24) is 25.0 Å². The first-order valence-electron chi connectivity index (χ1n) is 7.90. The molecule has 0 unspecified atom stereocenters. The van der Waals surface area contributed by atoms with Gasteiger partial charge in [0.05, 0.1) is 5.69 Å². The van der Waals surface area contributed by atoms with Crippen LogP contribution in [0.3, 0.4) is 0 Å². The van der Waals surface area contributed by atoms with Gasteiger partial charge in [0.15, 0.2) is 5.82 Å². The van der Waals surface area contributed by atoms with Gasteiger partial charge in [-0.3, -0.25) is 10.1 Å². The zero-order valence-corrected chi connectivity index (χ0v) is 14.6. The second-order valence-corrected chi connectivity index (χ2v) is 6.63. The van der Waals surface area contributed by atoms with Crippen molar-refractivity contribution in [2.24, 2.45) is 0 Å². The van der Waals surface area contributed by atoms with E-state index in [-0.39, 0.29) is 5.82 Å². The van der Waals surface area contributed by atoms with Crippen molar-refractivity contribution in [2.75, 3.05) is 5.32 Å². The van der Waals surface area contributed by atoms with Gasteiger partial charge in [-0.25, -0.2) is 9.67 Å². The molecule has 0 aliphatic rings. The normalized spacial score (nSPS) is 10.7. The number of aryl methyl sites for hydroxylation is 1. The summed E-state index contributed by atoms with van der Waals surface area (Å²) in [4.78, 5) is 17.0. The summed E-state index contributed by atoms with van der Waals surface area (Å²) in [5, 5.41) is 16.1. The minimum absolute atomic E-state index is 0.0700. The number of amides is 1. The summed E-state index contributed by atoms with van der Waals surface area (Å²) in [6.45, 7) is 1.82. The molecular formula is C18H14N6OS. The van der Waals surface area contributed by atoms with Crippen molar-refractivity contribution in [2.45, 2.75) is 6.92 Å². The molecule has 0 atom stereocenters. The Hall–Kier alpha value is -3.39. The molecule has 0 spiro atoms. The lowest BCUT2D eigenvalue weighted by atomic mass is 10.2. The van der Waals surface area contributed by atoms with Gasteiger partial charge in [-0.2, -0.15) is 0 Å². The zero-order valence-electron chi connectivity index (χ0n) is 13.8. The lowest BCUT2D eigenvalue weighted by molar-refractivity contribution is 0.101. The predicted molar refractivity (Wildman–Crippen MR) is 99.4 cm³/mol. The van der Waals surface area contributed by atoms with Crippen LogP contribution < -0.4 is 5.32 Å². The Labute approximate surface area is 153 Å². The highest BCUT2D eigenvalue weighted by Crippen LogP contribution is 2.21. The van der Waals surface area contributed by atoms with Crippen LogP contribution in [0.4, 0.5) is 5.13 Å². The van der Waals surface area contributed by atoms with Gasteiger partial charge in [0.1, 0.15) is 5.01 Å². The summed E-state index contributed by atoms with van der Waals surface area (Å²) in [5.41, 5.74) is 1.69. The molecule has 26 heavy (non-hydrogen) atoms. The third-order valence-corrected chi connectivity index (χ3v) is 4.34. The summed E-state index contributed by atoms with van der Waals surface area (Å²) < 4.78 is 1.66. The quantitative estimate of drug-likeness (QED) is 0.602. The molecule has 2 heterocycles. The van der Waals surface area contributed by atoms with E-state index < -0.39 is 5.91 Å². The molecule has 2 aromatic carbocycles. The number of para-hydroxylation sites is 1. The second kappa shape index (κ2) is 6.85. The highest BCUT2D eigenvalue weighted by Gasteiger charge is 2.19. The van der Waals surface area contributed by atoms with E-state index in [2.05, 4.69) is 25.6 Å². The van der Waals surface area contributed by atoms with Crippen molar-refractivity contribution < 1.29 is 4.79 Å². The van der Waals surface area contributed by atoms with Gasteiger partial charge in [-0.1, -0.05) is 59.9 Å². The monoisotopic (exact) mass is 362 g/mol. The fourth-order valence-corrected chi connectivity index (χ4v) is 3.02. The van der Waals surface area contributed by atoms with Crippen molar-refractivity contribution >= 4 is 22.4 Å². The topological polar surface area (TPSA) is 85.6 Å². The molecule has 2 aromatic heterocycles. The van der Waals surface area contributed by atoms with Crippen LogP contribution in [0.25, 0.3) is 17.1 Å². The highest BCUT2D eigenvalue weighted by atomic mass is 32.1. The smallest absolute Gasteiger partial charge is 0.294 e. The van der Waals surface area contributed by atoms with Gasteiger partial charge in [0, 0.05) is 5.56 Å². The third-order valence-electron chi connectivity index (χ3n) is 3.59. The average molecular weight is 362 g/mol. The zero-order chi connectivity index (χ0) is 17.9. The predicted octanol–water partition coefficient (Wildman–Crippen LogP) is 3.35. The van der Waals surface area contributed by atoms with E-state index in [1.807, 2.05) is 67.6 Å². The number of carbonyl (C=O) groups is 1. The van der Waals surface area contributed by atoms with E-state index in [9.17, 15) is 4.79 Å². The molecule has 0 bridgehead atoms. The van der Waals surface area contributed by atoms with E-state index in [0.29, 0.717) is 11.0 Å². The van der Waals surface area contributed by atoms with E-state index in [4.69, 9.17) is 0 Å². The number of hydrogen-bond acceptors (Lipinski definition) is 6. The van der Waals surface area contributed by atoms with Crippen LogP contribution in [0.1, 0.15) is 15.6 Å². The second-order valence-electron chi connectivity index (χ2n) is 5.45. The standard InChI is InChI=1S/C18H14N6OS/c1-12-21-22-18(26-12)20-17(25)15-19-16(13-8-4-2-5-9-13)24(23-15)14-10-6-3-7-11-14/h2-11H,1H3,(H,20,22,25). The lowest BCUT2D eigenvalue weighted by Crippen LogP contribution is -2.14. The summed E-state index contributed by atoms with van der Waals surface area (Å²) in [7, 11) is 0. The largest absolute Gasteiger partial charge is 0.297 e. The molecule has 7 nitrogen and oxygen atoms in total. The average Bonchev–Trinajstić information content (AvgIpc) is 3.30. The van der Waals surface area contributed by atoms with Gasteiger partial charge in [-0.05, 0) is 19.1 Å². The molecule has 1 N–H and O–H groups in total. The minimum Gasteiger partial charge on any atom is -0.294 e. The van der Waals surface area contributed by atoms with E-state index in [1.165, 1.54) is 11.3 Å². The minimum atomic E-state index is -0.423. The molecule has 4 aromatic rings. The Kier molecular flexibility index (Phi) is 4.24. The van der Waals surface area contributed by atoms with Crippen LogP contribution in [0.15, 0.2) is 60.7 Å². The maximum absolute atomic E-state index is 12.5. The third kappa shape index (κ3) is 3.22. The molecule has 0 aliphatic heterocycles. The Morgan fingerprint density at radius 3 is 2.35 bits per heavy atom. The first-order valence-corrected chi connectivity index (χ1v) is 8.72. The van der Waals surface area contributed by atoms with Crippen LogP contribution in [0.2, 0.25) is 0 Å². The Balaban J connectivity index is 1.75. The van der Waals surface area contributed by atoms with Crippen LogP contribution in [0, 0.1) is 6.92 Å². The molecule has 128 valence electrons. The molecule has 8 heteroatoms. The van der Waals surface area contributed by atoms with Crippen LogP contribution in [-0.4, -0.2) is 30.9 Å². The maximum atomic E-state index is 12.5. The van der Waals surface area contributed by atoms with Crippen molar-refractivity contribution in [3.63, 3.8) is 0 Å². The molecule has 0 saturated heterocycles. The highest BCUT2D eigenvalue weighted by molar-refractivity contribution is 7.15. The number of nitrogens with zero attached hydrogens (tertiary/aromatic N) is 5. The number of aromatic nitrogens is 5. The first kappa shape index (κ1) is 16.1. The molecule has 0 fully saturated rings. The molecule has 0 aliphatic carbocycles. The number of benzene rings is 2. The lowest BCUT2D eigenvalue weighted by Gasteiger charge is -2.05. The van der Waals surface area contributed by atoms with Gasteiger partial charge < -0.3 is 0 Å². The van der Waals surface area contributed by atoms with Gasteiger partial charge in [-0.15, -0.1) is 15.3 Å². The van der Waals surface area contributed by atoms with E-state index in [1.54, 1.807) is 4.68 Å². The summed E-state index contributed by atoms with van der Waals surface area (Å²) in [6.07, 6.45) is 0.